The lowest BCUT2D eigenvalue weighted by Crippen LogP contribution is -2.58. The number of ether oxygens (including phenoxy) is 3. The summed E-state index contributed by atoms with van der Waals surface area (Å²) in [5.74, 6) is -1.71. The molecule has 25 heavy (non-hydrogen) atoms. The van der Waals surface area contributed by atoms with Crippen molar-refractivity contribution in [1.29, 1.82) is 0 Å². The number of benzene rings is 1. The molecular weight excluding hydrogens is 324 g/mol. The van der Waals surface area contributed by atoms with Gasteiger partial charge in [-0.15, -0.1) is 0 Å². The summed E-state index contributed by atoms with van der Waals surface area (Å²) in [7, 11) is 1.47. The van der Waals surface area contributed by atoms with Gasteiger partial charge in [0.05, 0.1) is 19.3 Å². The molecule has 3 atom stereocenters. The zero-order chi connectivity index (χ0) is 17.8. The summed E-state index contributed by atoms with van der Waals surface area (Å²) in [5, 5.41) is 0. The number of Topliss-reactive ketones (excluding diaryl/α,β-unsaturated/α-hetero) is 1. The third-order valence-electron chi connectivity index (χ3n) is 5.85. The minimum absolute atomic E-state index is 0.154. The molecule has 1 saturated carbocycles. The Kier molecular flexibility index (Phi) is 3.42. The van der Waals surface area contributed by atoms with Gasteiger partial charge in [0.2, 0.25) is 5.78 Å². The largest absolute Gasteiger partial charge is 0.496 e. The maximum atomic E-state index is 13.4. The van der Waals surface area contributed by atoms with Gasteiger partial charge in [-0.05, 0) is 37.8 Å². The van der Waals surface area contributed by atoms with Gasteiger partial charge in [0, 0.05) is 5.92 Å². The quantitative estimate of drug-likeness (QED) is 0.618. The van der Waals surface area contributed by atoms with Crippen LogP contribution in [0.25, 0.3) is 0 Å². The first-order valence-corrected chi connectivity index (χ1v) is 8.67. The molecule has 0 amide bonds. The first kappa shape index (κ1) is 16.1. The van der Waals surface area contributed by atoms with Crippen molar-refractivity contribution in [2.24, 2.45) is 5.92 Å². The third-order valence-corrected chi connectivity index (χ3v) is 5.85. The molecule has 0 unspecified atom stereocenters. The molecule has 0 radical (unpaired) electrons. The molecule has 1 aliphatic heterocycles. The molecule has 4 rings (SSSR count). The molecule has 1 saturated heterocycles. The zero-order valence-electron chi connectivity index (χ0n) is 14.3. The van der Waals surface area contributed by atoms with Gasteiger partial charge in [0.1, 0.15) is 5.75 Å². The van der Waals surface area contributed by atoms with Crippen LogP contribution in [-0.2, 0) is 24.5 Å². The second kappa shape index (κ2) is 5.31. The first-order valence-electron chi connectivity index (χ1n) is 8.67. The van der Waals surface area contributed by atoms with Crippen molar-refractivity contribution in [1.82, 2.24) is 0 Å². The van der Waals surface area contributed by atoms with E-state index in [1.54, 1.807) is 25.1 Å². The summed E-state index contributed by atoms with van der Waals surface area (Å²) in [6.07, 6.45) is 2.63. The van der Waals surface area contributed by atoms with Gasteiger partial charge < -0.3 is 14.2 Å². The van der Waals surface area contributed by atoms with Crippen LogP contribution in [0.15, 0.2) is 18.2 Å². The van der Waals surface area contributed by atoms with Gasteiger partial charge in [0.25, 0.3) is 0 Å². The van der Waals surface area contributed by atoms with Gasteiger partial charge in [0.15, 0.2) is 11.0 Å². The lowest BCUT2D eigenvalue weighted by atomic mass is 9.54. The normalized spacial score (nSPS) is 32.5. The van der Waals surface area contributed by atoms with E-state index in [4.69, 9.17) is 14.2 Å². The van der Waals surface area contributed by atoms with Crippen LogP contribution >= 0.6 is 0 Å². The number of carbonyl (C=O) groups excluding carboxylic acids is 3. The predicted octanol–water partition coefficient (Wildman–Crippen LogP) is 2.18. The molecule has 3 aliphatic rings. The van der Waals surface area contributed by atoms with Gasteiger partial charge in [-0.3, -0.25) is 14.4 Å². The van der Waals surface area contributed by atoms with Crippen LogP contribution < -0.4 is 4.74 Å². The molecule has 1 aromatic rings. The van der Waals surface area contributed by atoms with Crippen molar-refractivity contribution < 1.29 is 28.6 Å². The average molecular weight is 344 g/mol. The molecular formula is C19H20O6. The van der Waals surface area contributed by atoms with Gasteiger partial charge >= 0.3 is 11.9 Å². The second-order valence-corrected chi connectivity index (χ2v) is 6.82. The number of hydrogen-bond donors (Lipinski definition) is 0. The first-order chi connectivity index (χ1) is 12.0. The van der Waals surface area contributed by atoms with E-state index in [0.717, 1.165) is 12.8 Å². The minimum atomic E-state index is -1.58. The molecule has 2 bridgehead atoms. The fourth-order valence-electron chi connectivity index (χ4n) is 4.89. The highest BCUT2D eigenvalue weighted by Crippen LogP contribution is 2.61. The summed E-state index contributed by atoms with van der Waals surface area (Å²) >= 11 is 0. The number of ketones is 1. The van der Waals surface area contributed by atoms with Crippen LogP contribution in [-0.4, -0.2) is 37.0 Å². The van der Waals surface area contributed by atoms with Crippen LogP contribution in [0.1, 0.15) is 48.5 Å². The Hall–Kier alpha value is -2.37. The van der Waals surface area contributed by atoms with Gasteiger partial charge in [-0.25, -0.2) is 0 Å². The van der Waals surface area contributed by atoms with Crippen LogP contribution in [0, 0.1) is 5.92 Å². The van der Waals surface area contributed by atoms with Crippen molar-refractivity contribution in [3.63, 3.8) is 0 Å². The maximum absolute atomic E-state index is 13.4. The number of esters is 2. The molecule has 2 fully saturated rings. The van der Waals surface area contributed by atoms with E-state index in [1.807, 2.05) is 0 Å². The SMILES string of the molecule is CCOC(=O)[C@@]12C(=O)O[C@]3(CCCC[C@@H]13)C(=O)c1c(OC)cccc12. The van der Waals surface area contributed by atoms with E-state index in [2.05, 4.69) is 0 Å². The summed E-state index contributed by atoms with van der Waals surface area (Å²) in [5.41, 5.74) is -2.21. The number of fused-ring (bicyclic) bond motifs is 2. The number of rotatable bonds is 3. The van der Waals surface area contributed by atoms with E-state index in [-0.39, 0.29) is 18.0 Å². The fraction of sp³-hybridized carbons (Fsp3) is 0.526. The summed E-state index contributed by atoms with van der Waals surface area (Å²) in [4.78, 5) is 39.4. The topological polar surface area (TPSA) is 78.9 Å². The molecule has 1 heterocycles. The Morgan fingerprint density at radius 3 is 2.84 bits per heavy atom. The fourth-order valence-corrected chi connectivity index (χ4v) is 4.89. The Balaban J connectivity index is 2.07. The highest BCUT2D eigenvalue weighted by atomic mass is 16.6. The summed E-state index contributed by atoms with van der Waals surface area (Å²) in [6.45, 7) is 1.85. The van der Waals surface area contributed by atoms with E-state index in [9.17, 15) is 14.4 Å². The maximum Gasteiger partial charge on any atom is 0.329 e. The van der Waals surface area contributed by atoms with E-state index >= 15 is 0 Å². The standard InChI is InChI=1S/C19H20O6/c1-3-24-16(21)19-11-7-6-8-12(23-2)14(11)15(20)18(25-17(19)22)10-5-4-9-13(18)19/h6-8,13H,3-5,9-10H2,1-2H3/t13-,18+,19+/m1/s1. The number of methoxy groups -OCH3 is 1. The lowest BCUT2D eigenvalue weighted by molar-refractivity contribution is -0.160. The smallest absolute Gasteiger partial charge is 0.329 e. The molecule has 0 spiro atoms. The second-order valence-electron chi connectivity index (χ2n) is 6.82. The van der Waals surface area contributed by atoms with Gasteiger partial charge in [-0.1, -0.05) is 18.6 Å². The number of carbonyl (C=O) groups is 3. The zero-order valence-corrected chi connectivity index (χ0v) is 14.3. The van der Waals surface area contributed by atoms with Crippen molar-refractivity contribution in [3.05, 3.63) is 29.3 Å². The van der Waals surface area contributed by atoms with Crippen molar-refractivity contribution in [2.75, 3.05) is 13.7 Å². The van der Waals surface area contributed by atoms with Crippen LogP contribution in [0.3, 0.4) is 0 Å². The molecule has 6 heteroatoms. The molecule has 2 aliphatic carbocycles. The average Bonchev–Trinajstić information content (AvgIpc) is 2.86. The molecule has 1 aromatic carbocycles. The molecule has 0 aromatic heterocycles. The van der Waals surface area contributed by atoms with Crippen molar-refractivity contribution in [3.8, 4) is 5.75 Å². The minimum Gasteiger partial charge on any atom is -0.496 e. The van der Waals surface area contributed by atoms with E-state index in [0.29, 0.717) is 24.2 Å². The highest BCUT2D eigenvalue weighted by molar-refractivity contribution is 6.20. The number of hydrogen-bond acceptors (Lipinski definition) is 6. The van der Waals surface area contributed by atoms with E-state index < -0.39 is 28.9 Å². The Morgan fingerprint density at radius 2 is 2.12 bits per heavy atom. The van der Waals surface area contributed by atoms with Gasteiger partial charge in [-0.2, -0.15) is 0 Å². The summed E-state index contributed by atoms with van der Waals surface area (Å²) < 4.78 is 16.4. The van der Waals surface area contributed by atoms with Crippen LogP contribution in [0.5, 0.6) is 5.75 Å². The lowest BCUT2D eigenvalue weighted by Gasteiger charge is -2.44. The third kappa shape index (κ3) is 1.72. The van der Waals surface area contributed by atoms with E-state index in [1.165, 1.54) is 7.11 Å². The van der Waals surface area contributed by atoms with Crippen molar-refractivity contribution >= 4 is 17.7 Å². The Labute approximate surface area is 145 Å². The Morgan fingerprint density at radius 1 is 1.32 bits per heavy atom. The molecule has 6 nitrogen and oxygen atoms in total. The van der Waals surface area contributed by atoms with Crippen LogP contribution in [0.4, 0.5) is 0 Å². The summed E-state index contributed by atoms with van der Waals surface area (Å²) in [6, 6.07) is 5.00. The van der Waals surface area contributed by atoms with Crippen LogP contribution in [0.2, 0.25) is 0 Å². The van der Waals surface area contributed by atoms with Crippen molar-refractivity contribution in [2.45, 2.75) is 43.6 Å². The monoisotopic (exact) mass is 344 g/mol. The Bertz CT molecular complexity index is 784. The predicted molar refractivity (Wildman–Crippen MR) is 86.4 cm³/mol. The molecule has 0 N–H and O–H groups in total. The molecule has 132 valence electrons. The highest BCUT2D eigenvalue weighted by Gasteiger charge is 2.76.